The van der Waals surface area contributed by atoms with Crippen LogP contribution in [0.4, 0.5) is 17.3 Å². The molecule has 1 aromatic rings. The molecule has 0 atom stereocenters. The van der Waals surface area contributed by atoms with Gasteiger partial charge < -0.3 is 20.1 Å². The van der Waals surface area contributed by atoms with Crippen LogP contribution in [0, 0.1) is 0 Å². The molecule has 8 heteroatoms. The van der Waals surface area contributed by atoms with Crippen LogP contribution in [0.5, 0.6) is 0 Å². The number of nitrogens with two attached hydrogens (primary N) is 1. The minimum Gasteiger partial charge on any atom is -0.461 e. The van der Waals surface area contributed by atoms with Crippen LogP contribution in [0.3, 0.4) is 0 Å². The van der Waals surface area contributed by atoms with E-state index < -0.39 is 0 Å². The number of carbonyl (C=O) groups is 1. The summed E-state index contributed by atoms with van der Waals surface area (Å²) in [5.74, 6) is 1.42. The number of nitrogens with one attached hydrogen (secondary N) is 2. The lowest BCUT2D eigenvalue weighted by molar-refractivity contribution is -0.139. The lowest BCUT2D eigenvalue weighted by Crippen LogP contribution is -2.11. The number of allylic oxidation sites excluding steroid dienone is 1. The van der Waals surface area contributed by atoms with Crippen molar-refractivity contribution in [3.05, 3.63) is 41.8 Å². The van der Waals surface area contributed by atoms with Gasteiger partial charge in [-0.1, -0.05) is 38.2 Å². The number of esters is 1. The van der Waals surface area contributed by atoms with E-state index in [2.05, 4.69) is 49.3 Å². The van der Waals surface area contributed by atoms with E-state index in [1.54, 1.807) is 0 Å². The second kappa shape index (κ2) is 12.1. The molecule has 0 aliphatic rings. The number of halogens is 1. The Morgan fingerprint density at radius 3 is 2.70 bits per heavy atom. The summed E-state index contributed by atoms with van der Waals surface area (Å²) in [4.78, 5) is 19.7. The minimum atomic E-state index is -0.326. The maximum atomic E-state index is 10.8. The molecular formula is C19H28BrN5O2. The van der Waals surface area contributed by atoms with Gasteiger partial charge >= 0.3 is 5.97 Å². The van der Waals surface area contributed by atoms with E-state index in [0.29, 0.717) is 29.4 Å². The third-order valence-corrected chi connectivity index (χ3v) is 4.05. The van der Waals surface area contributed by atoms with Gasteiger partial charge in [-0.3, -0.25) is 4.79 Å². The van der Waals surface area contributed by atoms with E-state index >= 15 is 0 Å². The topological polar surface area (TPSA) is 102 Å². The Hall–Kier alpha value is -2.35. The van der Waals surface area contributed by atoms with E-state index in [-0.39, 0.29) is 12.6 Å². The quantitative estimate of drug-likeness (QED) is 0.271. The molecule has 0 aliphatic carbocycles. The molecule has 1 heterocycles. The minimum absolute atomic E-state index is 0.178. The largest absolute Gasteiger partial charge is 0.461 e. The molecule has 0 fully saturated rings. The van der Waals surface area contributed by atoms with Crippen LogP contribution in [0.1, 0.15) is 39.4 Å². The molecule has 0 saturated heterocycles. The van der Waals surface area contributed by atoms with E-state index in [9.17, 15) is 4.79 Å². The summed E-state index contributed by atoms with van der Waals surface area (Å²) in [6.45, 7) is 10.0. The van der Waals surface area contributed by atoms with Crippen molar-refractivity contribution in [2.75, 3.05) is 28.5 Å². The first-order chi connectivity index (χ1) is 12.9. The summed E-state index contributed by atoms with van der Waals surface area (Å²) in [5.41, 5.74) is 8.37. The first kappa shape index (κ1) is 22.7. The second-order valence-electron chi connectivity index (χ2n) is 5.94. The van der Waals surface area contributed by atoms with Gasteiger partial charge in [0.25, 0.3) is 0 Å². The number of carbonyl (C=O) groups excluding carboxylic acids is 1. The Balaban J connectivity index is 2.80. The number of nitrogen functional groups attached to an aromatic ring is 1. The molecule has 7 nitrogen and oxygen atoms in total. The van der Waals surface area contributed by atoms with E-state index in [4.69, 9.17) is 10.5 Å². The zero-order valence-corrected chi connectivity index (χ0v) is 17.7. The van der Waals surface area contributed by atoms with Gasteiger partial charge in [-0.2, -0.15) is 0 Å². The summed E-state index contributed by atoms with van der Waals surface area (Å²) < 4.78 is 7.78. The molecule has 148 valence electrons. The fourth-order valence-electron chi connectivity index (χ4n) is 2.10. The zero-order valence-electron chi connectivity index (χ0n) is 16.1. The van der Waals surface area contributed by atoms with Crippen LogP contribution in [0.25, 0.3) is 0 Å². The van der Waals surface area contributed by atoms with Crippen molar-refractivity contribution >= 4 is 39.4 Å². The van der Waals surface area contributed by atoms with Crippen LogP contribution >= 0.6 is 16.1 Å². The van der Waals surface area contributed by atoms with E-state index in [1.807, 2.05) is 25.2 Å². The predicted molar refractivity (Wildman–Crippen MR) is 115 cm³/mol. The average Bonchev–Trinajstić information content (AvgIpc) is 2.64. The van der Waals surface area contributed by atoms with Gasteiger partial charge in [0.15, 0.2) is 11.6 Å². The number of rotatable bonds is 11. The molecule has 1 rings (SSSR count). The molecule has 4 N–H and O–H groups in total. The van der Waals surface area contributed by atoms with Gasteiger partial charge in [-0.25, -0.2) is 9.97 Å². The Bertz CT molecular complexity index is 716. The highest BCUT2D eigenvalue weighted by Gasteiger charge is 2.11. The van der Waals surface area contributed by atoms with Gasteiger partial charge in [0.1, 0.15) is 18.1 Å². The number of anilines is 3. The standard InChI is InChI=1S/C19H28BrN5O2/c1-5-7-8-16-23-18(21)17(25-20)19(24-16)22-11-15(6-2)10-9-13(3)12-27-14(4)26/h6,9-10,25H,3,5,7-8,11-12H2,1-2,4H3,(H3,21,22,23,24)/b10-9-,15-6+. The van der Waals surface area contributed by atoms with Crippen molar-refractivity contribution in [2.45, 2.75) is 40.0 Å². The average molecular weight is 438 g/mol. The monoisotopic (exact) mass is 437 g/mol. The number of hydrogen-bond acceptors (Lipinski definition) is 7. The maximum Gasteiger partial charge on any atom is 0.302 e. The normalized spacial score (nSPS) is 11.5. The number of unbranched alkanes of at least 4 members (excludes halogenated alkanes) is 1. The smallest absolute Gasteiger partial charge is 0.302 e. The maximum absolute atomic E-state index is 10.8. The van der Waals surface area contributed by atoms with Gasteiger partial charge in [-0.05, 0) is 24.5 Å². The Morgan fingerprint density at radius 1 is 1.37 bits per heavy atom. The first-order valence-corrected chi connectivity index (χ1v) is 9.61. The third-order valence-electron chi connectivity index (χ3n) is 3.66. The molecule has 0 spiro atoms. The van der Waals surface area contributed by atoms with Crippen LogP contribution in [0.2, 0.25) is 0 Å². The van der Waals surface area contributed by atoms with Crippen molar-refractivity contribution < 1.29 is 9.53 Å². The highest BCUT2D eigenvalue weighted by molar-refractivity contribution is 9.10. The third kappa shape index (κ3) is 8.25. The van der Waals surface area contributed by atoms with Crippen molar-refractivity contribution in [3.8, 4) is 0 Å². The molecule has 0 radical (unpaired) electrons. The molecule has 0 saturated carbocycles. The fourth-order valence-corrected chi connectivity index (χ4v) is 2.50. The lowest BCUT2D eigenvalue weighted by atomic mass is 10.2. The Morgan fingerprint density at radius 2 is 2.11 bits per heavy atom. The molecule has 27 heavy (non-hydrogen) atoms. The molecule has 0 bridgehead atoms. The number of aryl methyl sites for hydroxylation is 1. The molecule has 0 aromatic carbocycles. The SMILES string of the molecule is C=C(/C=C\C(=C/C)CNc1nc(CCCC)nc(N)c1NBr)COC(C)=O. The van der Waals surface area contributed by atoms with Gasteiger partial charge in [0.2, 0.25) is 0 Å². The Labute approximate surface area is 169 Å². The summed E-state index contributed by atoms with van der Waals surface area (Å²) in [6.07, 6.45) is 8.58. The van der Waals surface area contributed by atoms with Crippen LogP contribution in [-0.4, -0.2) is 29.1 Å². The highest BCUT2D eigenvalue weighted by Crippen LogP contribution is 2.27. The van der Waals surface area contributed by atoms with Gasteiger partial charge in [-0.15, -0.1) is 0 Å². The van der Waals surface area contributed by atoms with Gasteiger partial charge in [0.05, 0.1) is 0 Å². The lowest BCUT2D eigenvalue weighted by Gasteiger charge is -2.14. The van der Waals surface area contributed by atoms with E-state index in [1.165, 1.54) is 6.92 Å². The summed E-state index contributed by atoms with van der Waals surface area (Å²) in [7, 11) is 0. The Kier molecular flexibility index (Phi) is 10.2. The summed E-state index contributed by atoms with van der Waals surface area (Å²) in [6, 6.07) is 0. The van der Waals surface area contributed by atoms with Crippen LogP contribution in [-0.2, 0) is 16.0 Å². The summed E-state index contributed by atoms with van der Waals surface area (Å²) >= 11 is 3.21. The number of hydrogen-bond donors (Lipinski definition) is 3. The van der Waals surface area contributed by atoms with Crippen molar-refractivity contribution in [1.82, 2.24) is 9.97 Å². The molecule has 0 amide bonds. The van der Waals surface area contributed by atoms with Crippen molar-refractivity contribution in [3.63, 3.8) is 0 Å². The van der Waals surface area contributed by atoms with Crippen molar-refractivity contribution in [1.29, 1.82) is 0 Å². The van der Waals surface area contributed by atoms with Crippen molar-refractivity contribution in [2.24, 2.45) is 0 Å². The molecule has 1 aromatic heterocycles. The number of nitrogens with zero attached hydrogens (tertiary/aromatic N) is 2. The second-order valence-corrected chi connectivity index (χ2v) is 6.33. The molecular weight excluding hydrogens is 410 g/mol. The van der Waals surface area contributed by atoms with E-state index in [0.717, 1.165) is 30.7 Å². The number of aromatic nitrogens is 2. The summed E-state index contributed by atoms with van der Waals surface area (Å²) in [5, 5.41) is 3.29. The van der Waals surface area contributed by atoms with Crippen LogP contribution in [0.15, 0.2) is 36.0 Å². The first-order valence-electron chi connectivity index (χ1n) is 8.82. The molecule has 0 unspecified atom stereocenters. The number of ether oxygens (including phenoxy) is 1. The van der Waals surface area contributed by atoms with Crippen LogP contribution < -0.4 is 15.4 Å². The molecule has 0 aliphatic heterocycles. The van der Waals surface area contributed by atoms with Gasteiger partial charge in [0, 0.05) is 36.0 Å². The highest BCUT2D eigenvalue weighted by atomic mass is 79.9. The zero-order chi connectivity index (χ0) is 20.2. The predicted octanol–water partition coefficient (Wildman–Crippen LogP) is 4.16. The fraction of sp³-hybridized carbons (Fsp3) is 0.421.